The van der Waals surface area contributed by atoms with Crippen molar-refractivity contribution in [2.45, 2.75) is 57.4 Å². The summed E-state index contributed by atoms with van der Waals surface area (Å²) in [6.45, 7) is 6.98. The summed E-state index contributed by atoms with van der Waals surface area (Å²) in [6.07, 6.45) is 8.95. The molecule has 0 aromatic heterocycles. The van der Waals surface area contributed by atoms with Gasteiger partial charge in [0.2, 0.25) is 0 Å². The van der Waals surface area contributed by atoms with Gasteiger partial charge in [0.25, 0.3) is 0 Å². The molecule has 0 radical (unpaired) electrons. The molecule has 0 unspecified atom stereocenters. The van der Waals surface area contributed by atoms with Crippen molar-refractivity contribution in [1.29, 1.82) is 0 Å². The Labute approximate surface area is 114 Å². The highest BCUT2D eigenvalue weighted by molar-refractivity contribution is 4.88. The standard InChI is InChI=1S/C15H33N3/c1-4-11-18(14-13-17(2)3)12-10-15(16)8-6-5-7-9-15/h4-14,16H2,1-3H3. The van der Waals surface area contributed by atoms with Gasteiger partial charge in [-0.15, -0.1) is 0 Å². The van der Waals surface area contributed by atoms with Crippen LogP contribution in [0.2, 0.25) is 0 Å². The zero-order valence-electron chi connectivity index (χ0n) is 12.7. The van der Waals surface area contributed by atoms with E-state index in [2.05, 4.69) is 30.8 Å². The van der Waals surface area contributed by atoms with Gasteiger partial charge in [0.05, 0.1) is 0 Å². The van der Waals surface area contributed by atoms with Crippen molar-refractivity contribution in [1.82, 2.24) is 9.80 Å². The van der Waals surface area contributed by atoms with Crippen LogP contribution < -0.4 is 5.73 Å². The average Bonchev–Trinajstić information content (AvgIpc) is 2.33. The van der Waals surface area contributed by atoms with Gasteiger partial charge in [-0.1, -0.05) is 26.2 Å². The summed E-state index contributed by atoms with van der Waals surface area (Å²) >= 11 is 0. The molecule has 0 atom stereocenters. The van der Waals surface area contributed by atoms with Gasteiger partial charge in [0, 0.05) is 18.6 Å². The number of hydrogen-bond donors (Lipinski definition) is 1. The third kappa shape index (κ3) is 6.17. The van der Waals surface area contributed by atoms with E-state index >= 15 is 0 Å². The third-order valence-electron chi connectivity index (χ3n) is 4.18. The van der Waals surface area contributed by atoms with Crippen LogP contribution in [0.3, 0.4) is 0 Å². The predicted molar refractivity (Wildman–Crippen MR) is 79.9 cm³/mol. The minimum absolute atomic E-state index is 0.141. The zero-order chi connectivity index (χ0) is 13.4. The Morgan fingerprint density at radius 2 is 1.61 bits per heavy atom. The Balaban J connectivity index is 2.30. The Bertz CT molecular complexity index is 210. The first-order valence-electron chi connectivity index (χ1n) is 7.72. The topological polar surface area (TPSA) is 32.5 Å². The number of rotatable bonds is 8. The molecule has 1 rings (SSSR count). The normalized spacial score (nSPS) is 19.7. The molecule has 3 heteroatoms. The molecule has 1 aliphatic rings. The smallest absolute Gasteiger partial charge is 0.0166 e. The zero-order valence-corrected chi connectivity index (χ0v) is 12.7. The van der Waals surface area contributed by atoms with E-state index < -0.39 is 0 Å². The minimum atomic E-state index is 0.141. The summed E-state index contributed by atoms with van der Waals surface area (Å²) in [5, 5.41) is 0. The summed E-state index contributed by atoms with van der Waals surface area (Å²) in [5.41, 5.74) is 6.66. The molecule has 0 aromatic carbocycles. The fourth-order valence-electron chi connectivity index (χ4n) is 2.88. The van der Waals surface area contributed by atoms with Gasteiger partial charge in [0.15, 0.2) is 0 Å². The second-order valence-electron chi connectivity index (χ2n) is 6.32. The van der Waals surface area contributed by atoms with Crippen molar-refractivity contribution >= 4 is 0 Å². The molecule has 0 aliphatic heterocycles. The summed E-state index contributed by atoms with van der Waals surface area (Å²) < 4.78 is 0. The monoisotopic (exact) mass is 255 g/mol. The molecule has 2 N–H and O–H groups in total. The highest BCUT2D eigenvalue weighted by Crippen LogP contribution is 2.28. The van der Waals surface area contributed by atoms with Crippen LogP contribution in [0.5, 0.6) is 0 Å². The minimum Gasteiger partial charge on any atom is -0.325 e. The Hall–Kier alpha value is -0.120. The van der Waals surface area contributed by atoms with Crippen molar-refractivity contribution in [3.05, 3.63) is 0 Å². The first-order chi connectivity index (χ1) is 8.56. The van der Waals surface area contributed by atoms with Crippen molar-refractivity contribution in [3.8, 4) is 0 Å². The van der Waals surface area contributed by atoms with E-state index in [0.29, 0.717) is 0 Å². The van der Waals surface area contributed by atoms with Crippen LogP contribution in [-0.4, -0.2) is 55.6 Å². The second kappa shape index (κ2) is 8.13. The average molecular weight is 255 g/mol. The Morgan fingerprint density at radius 1 is 0.944 bits per heavy atom. The van der Waals surface area contributed by atoms with Crippen LogP contribution in [0.1, 0.15) is 51.9 Å². The van der Waals surface area contributed by atoms with E-state index in [0.717, 1.165) is 6.54 Å². The lowest BCUT2D eigenvalue weighted by Crippen LogP contribution is -2.45. The van der Waals surface area contributed by atoms with Crippen molar-refractivity contribution < 1.29 is 0 Å². The van der Waals surface area contributed by atoms with E-state index in [9.17, 15) is 0 Å². The molecule has 0 heterocycles. The van der Waals surface area contributed by atoms with E-state index in [1.807, 2.05) is 0 Å². The van der Waals surface area contributed by atoms with Crippen LogP contribution in [-0.2, 0) is 0 Å². The molecule has 1 aliphatic carbocycles. The van der Waals surface area contributed by atoms with Crippen molar-refractivity contribution in [2.24, 2.45) is 5.73 Å². The van der Waals surface area contributed by atoms with Crippen molar-refractivity contribution in [3.63, 3.8) is 0 Å². The molecule has 0 spiro atoms. The second-order valence-corrected chi connectivity index (χ2v) is 6.32. The van der Waals surface area contributed by atoms with Crippen LogP contribution in [0.25, 0.3) is 0 Å². The van der Waals surface area contributed by atoms with Crippen LogP contribution in [0, 0.1) is 0 Å². The molecule has 3 nitrogen and oxygen atoms in total. The molecular formula is C15H33N3. The molecule has 0 bridgehead atoms. The maximum atomic E-state index is 6.52. The first kappa shape index (κ1) is 15.9. The van der Waals surface area contributed by atoms with E-state index in [1.165, 1.54) is 64.6 Å². The maximum Gasteiger partial charge on any atom is 0.0166 e. The molecule has 1 fully saturated rings. The SMILES string of the molecule is CCCN(CCN(C)C)CCC1(N)CCCCC1. The number of likely N-dealkylation sites (N-methyl/N-ethyl adjacent to an activating group) is 1. The predicted octanol–water partition coefficient (Wildman–Crippen LogP) is 2.31. The number of hydrogen-bond acceptors (Lipinski definition) is 3. The first-order valence-corrected chi connectivity index (χ1v) is 7.72. The van der Waals surface area contributed by atoms with Crippen LogP contribution >= 0.6 is 0 Å². The third-order valence-corrected chi connectivity index (χ3v) is 4.18. The number of nitrogens with zero attached hydrogens (tertiary/aromatic N) is 2. The Kier molecular flexibility index (Phi) is 7.20. The van der Waals surface area contributed by atoms with Crippen LogP contribution in [0.4, 0.5) is 0 Å². The highest BCUT2D eigenvalue weighted by Gasteiger charge is 2.27. The largest absolute Gasteiger partial charge is 0.325 e. The lowest BCUT2D eigenvalue weighted by atomic mass is 9.80. The molecule has 1 saturated carbocycles. The van der Waals surface area contributed by atoms with Gasteiger partial charge in [-0.25, -0.2) is 0 Å². The molecule has 18 heavy (non-hydrogen) atoms. The van der Waals surface area contributed by atoms with Gasteiger partial charge in [-0.3, -0.25) is 0 Å². The summed E-state index contributed by atoms with van der Waals surface area (Å²) in [7, 11) is 4.30. The van der Waals surface area contributed by atoms with Gasteiger partial charge >= 0.3 is 0 Å². The summed E-state index contributed by atoms with van der Waals surface area (Å²) in [4.78, 5) is 4.85. The summed E-state index contributed by atoms with van der Waals surface area (Å²) in [5.74, 6) is 0. The molecule has 108 valence electrons. The van der Waals surface area contributed by atoms with E-state index in [4.69, 9.17) is 5.73 Å². The van der Waals surface area contributed by atoms with Gasteiger partial charge in [-0.2, -0.15) is 0 Å². The van der Waals surface area contributed by atoms with Crippen LogP contribution in [0.15, 0.2) is 0 Å². The lowest BCUT2D eigenvalue weighted by Gasteiger charge is -2.35. The quantitative estimate of drug-likeness (QED) is 0.722. The molecule has 0 aromatic rings. The molecule has 0 amide bonds. The molecular weight excluding hydrogens is 222 g/mol. The van der Waals surface area contributed by atoms with Gasteiger partial charge < -0.3 is 15.5 Å². The maximum absolute atomic E-state index is 6.52. The lowest BCUT2D eigenvalue weighted by molar-refractivity contribution is 0.195. The van der Waals surface area contributed by atoms with E-state index in [-0.39, 0.29) is 5.54 Å². The van der Waals surface area contributed by atoms with Gasteiger partial charge in [0.1, 0.15) is 0 Å². The Morgan fingerprint density at radius 3 is 2.17 bits per heavy atom. The van der Waals surface area contributed by atoms with Crippen molar-refractivity contribution in [2.75, 3.05) is 40.3 Å². The fraction of sp³-hybridized carbons (Fsp3) is 1.00. The number of nitrogens with two attached hydrogens (primary N) is 1. The van der Waals surface area contributed by atoms with Gasteiger partial charge in [-0.05, 0) is 52.9 Å². The molecule has 0 saturated heterocycles. The highest BCUT2D eigenvalue weighted by atomic mass is 15.2. The van der Waals surface area contributed by atoms with E-state index in [1.54, 1.807) is 0 Å². The fourth-order valence-corrected chi connectivity index (χ4v) is 2.88. The summed E-state index contributed by atoms with van der Waals surface area (Å²) in [6, 6.07) is 0.